The van der Waals surface area contributed by atoms with Crippen LogP contribution < -0.4 is 5.73 Å². The first-order valence-electron chi connectivity index (χ1n) is 5.23. The molecule has 2 unspecified atom stereocenters. The van der Waals surface area contributed by atoms with Gasteiger partial charge in [0.1, 0.15) is 6.10 Å². The van der Waals surface area contributed by atoms with Crippen LogP contribution >= 0.6 is 0 Å². The number of likely N-dealkylation sites (N-methyl/N-ethyl adjacent to an activating group) is 1. The third-order valence-electron chi connectivity index (χ3n) is 2.70. The highest BCUT2D eigenvalue weighted by Gasteiger charge is 2.32. The number of amides is 1. The van der Waals surface area contributed by atoms with Crippen molar-refractivity contribution in [3.63, 3.8) is 0 Å². The molecule has 1 fully saturated rings. The molecule has 4 nitrogen and oxygen atoms in total. The predicted octanol–water partition coefficient (Wildman–Crippen LogP) is 0.219. The summed E-state index contributed by atoms with van der Waals surface area (Å²) in [5.74, 6) is 0.450. The lowest BCUT2D eigenvalue weighted by Gasteiger charge is -2.22. The quantitative estimate of drug-likeness (QED) is 0.706. The maximum Gasteiger partial charge on any atom is 0.251 e. The molecule has 0 aromatic carbocycles. The van der Waals surface area contributed by atoms with Gasteiger partial charge in [0.25, 0.3) is 5.91 Å². The minimum atomic E-state index is -0.224. The van der Waals surface area contributed by atoms with Gasteiger partial charge in [-0.05, 0) is 25.3 Å². The van der Waals surface area contributed by atoms with Gasteiger partial charge in [0.2, 0.25) is 0 Å². The Balaban J connectivity index is 2.39. The molecule has 0 saturated carbocycles. The molecule has 1 heterocycles. The summed E-state index contributed by atoms with van der Waals surface area (Å²) in [6.07, 6.45) is 1.61. The van der Waals surface area contributed by atoms with E-state index in [0.29, 0.717) is 19.1 Å². The first-order chi connectivity index (χ1) is 6.66. The number of rotatable bonds is 4. The molecule has 0 spiro atoms. The van der Waals surface area contributed by atoms with Gasteiger partial charge in [-0.3, -0.25) is 4.79 Å². The van der Waals surface area contributed by atoms with Crippen molar-refractivity contribution in [1.82, 2.24) is 4.90 Å². The molecule has 0 aromatic heterocycles. The Hall–Kier alpha value is -0.610. The number of carbonyl (C=O) groups excluding carboxylic acids is 1. The topological polar surface area (TPSA) is 55.6 Å². The van der Waals surface area contributed by atoms with E-state index < -0.39 is 0 Å². The number of ether oxygens (including phenoxy) is 1. The van der Waals surface area contributed by atoms with E-state index in [1.807, 2.05) is 7.05 Å². The van der Waals surface area contributed by atoms with Gasteiger partial charge in [0.05, 0.1) is 0 Å². The number of hydrogen-bond donors (Lipinski definition) is 1. The highest BCUT2D eigenvalue weighted by molar-refractivity contribution is 5.81. The van der Waals surface area contributed by atoms with Crippen molar-refractivity contribution in [2.24, 2.45) is 11.7 Å². The molecule has 1 aliphatic rings. The van der Waals surface area contributed by atoms with Crippen molar-refractivity contribution < 1.29 is 9.53 Å². The molecule has 0 aromatic rings. The average molecular weight is 200 g/mol. The summed E-state index contributed by atoms with van der Waals surface area (Å²) < 4.78 is 5.41. The van der Waals surface area contributed by atoms with Crippen LogP contribution in [0, 0.1) is 5.92 Å². The molecule has 4 heteroatoms. The molecule has 2 N–H and O–H groups in total. The summed E-state index contributed by atoms with van der Waals surface area (Å²) in [7, 11) is 1.81. The van der Waals surface area contributed by atoms with Crippen molar-refractivity contribution in [2.45, 2.75) is 25.9 Å². The van der Waals surface area contributed by atoms with Gasteiger partial charge in [-0.2, -0.15) is 0 Å². The van der Waals surface area contributed by atoms with Crippen molar-refractivity contribution in [3.05, 3.63) is 0 Å². The molecular formula is C10H20N2O2. The lowest BCUT2D eigenvalue weighted by atomic mass is 10.0. The fourth-order valence-corrected chi connectivity index (χ4v) is 1.67. The molecule has 82 valence electrons. The molecule has 0 aliphatic carbocycles. The summed E-state index contributed by atoms with van der Waals surface area (Å²) >= 11 is 0. The van der Waals surface area contributed by atoms with Crippen molar-refractivity contribution >= 4 is 5.91 Å². The van der Waals surface area contributed by atoms with E-state index in [9.17, 15) is 4.79 Å². The molecular weight excluding hydrogens is 180 g/mol. The summed E-state index contributed by atoms with van der Waals surface area (Å²) in [5.41, 5.74) is 5.39. The van der Waals surface area contributed by atoms with Gasteiger partial charge in [-0.1, -0.05) is 6.92 Å². The van der Waals surface area contributed by atoms with Gasteiger partial charge in [-0.25, -0.2) is 0 Å². The van der Waals surface area contributed by atoms with Gasteiger partial charge < -0.3 is 15.4 Å². The highest BCUT2D eigenvalue weighted by atomic mass is 16.5. The van der Waals surface area contributed by atoms with Crippen LogP contribution in [0.2, 0.25) is 0 Å². The monoisotopic (exact) mass is 200 g/mol. The molecule has 0 radical (unpaired) electrons. The van der Waals surface area contributed by atoms with E-state index in [2.05, 4.69) is 6.92 Å². The Kier molecular flexibility index (Phi) is 4.35. The van der Waals surface area contributed by atoms with Crippen molar-refractivity contribution in [2.75, 3.05) is 26.7 Å². The number of nitrogens with two attached hydrogens (primary N) is 1. The molecule has 0 bridgehead atoms. The van der Waals surface area contributed by atoms with Crippen LogP contribution in [-0.4, -0.2) is 43.7 Å². The van der Waals surface area contributed by atoms with Gasteiger partial charge >= 0.3 is 0 Å². The zero-order valence-electron chi connectivity index (χ0n) is 9.03. The van der Waals surface area contributed by atoms with E-state index in [1.54, 1.807) is 4.90 Å². The van der Waals surface area contributed by atoms with Crippen molar-refractivity contribution in [1.29, 1.82) is 0 Å². The normalized spacial score (nSPS) is 26.5. The zero-order chi connectivity index (χ0) is 10.6. The molecule has 14 heavy (non-hydrogen) atoms. The third kappa shape index (κ3) is 2.69. The number of carbonyl (C=O) groups is 1. The fraction of sp³-hybridized carbons (Fsp3) is 0.900. The maximum atomic E-state index is 11.8. The van der Waals surface area contributed by atoms with Crippen LogP contribution in [0.3, 0.4) is 0 Å². The van der Waals surface area contributed by atoms with Crippen LogP contribution in [0.25, 0.3) is 0 Å². The molecule has 1 aliphatic heterocycles. The Morgan fingerprint density at radius 2 is 2.36 bits per heavy atom. The van der Waals surface area contributed by atoms with Crippen LogP contribution in [-0.2, 0) is 9.53 Å². The largest absolute Gasteiger partial charge is 0.368 e. The summed E-state index contributed by atoms with van der Waals surface area (Å²) in [6.45, 7) is 4.12. The Bertz CT molecular complexity index is 197. The fourth-order valence-electron chi connectivity index (χ4n) is 1.67. The highest BCUT2D eigenvalue weighted by Crippen LogP contribution is 2.21. The average Bonchev–Trinajstić information content (AvgIpc) is 2.59. The van der Waals surface area contributed by atoms with Crippen LogP contribution in [0.5, 0.6) is 0 Å². The first-order valence-corrected chi connectivity index (χ1v) is 5.23. The predicted molar refractivity (Wildman–Crippen MR) is 54.8 cm³/mol. The van der Waals surface area contributed by atoms with E-state index in [0.717, 1.165) is 19.4 Å². The van der Waals surface area contributed by atoms with E-state index in [1.165, 1.54) is 0 Å². The minimum absolute atomic E-state index is 0.100. The standard InChI is InChI=1S/C10H20N2O2/c1-8-4-7-14-9(8)10(13)12(2)6-3-5-11/h8-9H,3-7,11H2,1-2H3. The van der Waals surface area contributed by atoms with E-state index in [-0.39, 0.29) is 12.0 Å². The molecule has 1 saturated heterocycles. The minimum Gasteiger partial charge on any atom is -0.368 e. The molecule has 2 atom stereocenters. The lowest BCUT2D eigenvalue weighted by molar-refractivity contribution is -0.141. The molecule has 1 amide bonds. The van der Waals surface area contributed by atoms with Crippen LogP contribution in [0.4, 0.5) is 0 Å². The third-order valence-corrected chi connectivity index (χ3v) is 2.70. The van der Waals surface area contributed by atoms with E-state index >= 15 is 0 Å². The second kappa shape index (κ2) is 5.32. The van der Waals surface area contributed by atoms with Crippen LogP contribution in [0.1, 0.15) is 19.8 Å². The first kappa shape index (κ1) is 11.5. The van der Waals surface area contributed by atoms with Gasteiger partial charge in [0.15, 0.2) is 0 Å². The summed E-state index contributed by atoms with van der Waals surface area (Å²) in [5, 5.41) is 0. The van der Waals surface area contributed by atoms with Gasteiger partial charge in [0, 0.05) is 20.2 Å². The van der Waals surface area contributed by atoms with Gasteiger partial charge in [-0.15, -0.1) is 0 Å². The number of nitrogens with zero attached hydrogens (tertiary/aromatic N) is 1. The van der Waals surface area contributed by atoms with Crippen LogP contribution in [0.15, 0.2) is 0 Å². The second-order valence-electron chi connectivity index (χ2n) is 3.96. The molecule has 1 rings (SSSR count). The summed E-state index contributed by atoms with van der Waals surface area (Å²) in [4.78, 5) is 13.5. The zero-order valence-corrected chi connectivity index (χ0v) is 9.03. The van der Waals surface area contributed by atoms with E-state index in [4.69, 9.17) is 10.5 Å². The Labute approximate surface area is 85.4 Å². The van der Waals surface area contributed by atoms with Crippen molar-refractivity contribution in [3.8, 4) is 0 Å². The lowest BCUT2D eigenvalue weighted by Crippen LogP contribution is -2.39. The summed E-state index contributed by atoms with van der Waals surface area (Å²) in [6, 6.07) is 0. The Morgan fingerprint density at radius 3 is 2.86 bits per heavy atom. The smallest absolute Gasteiger partial charge is 0.251 e. The Morgan fingerprint density at radius 1 is 1.64 bits per heavy atom. The maximum absolute atomic E-state index is 11.8. The number of hydrogen-bond acceptors (Lipinski definition) is 3. The second-order valence-corrected chi connectivity index (χ2v) is 3.96. The SMILES string of the molecule is CC1CCOC1C(=O)N(C)CCCN.